The summed E-state index contributed by atoms with van der Waals surface area (Å²) in [4.78, 5) is 34.3. The second-order valence-corrected chi connectivity index (χ2v) is 8.19. The highest BCUT2D eigenvalue weighted by Crippen LogP contribution is 2.32. The summed E-state index contributed by atoms with van der Waals surface area (Å²) < 4.78 is 7.32. The summed E-state index contributed by atoms with van der Waals surface area (Å²) in [5.74, 6) is 0.442. The molecule has 3 aromatic rings. The lowest BCUT2D eigenvalue weighted by atomic mass is 10.1. The SMILES string of the molecule is C=CC(=O)N1CCC(n2cc(Nc3ncc(C(N)=O)c(Nc4c(C)cccc4OC)n3)cn2)CC1. The van der Waals surface area contributed by atoms with E-state index in [4.69, 9.17) is 10.5 Å². The number of likely N-dealkylation sites (tertiary alicyclic amines) is 1. The first-order valence-electron chi connectivity index (χ1n) is 11.2. The minimum atomic E-state index is -0.652. The van der Waals surface area contributed by atoms with Crippen molar-refractivity contribution in [3.8, 4) is 5.75 Å². The zero-order chi connectivity index (χ0) is 24.9. The van der Waals surface area contributed by atoms with Gasteiger partial charge >= 0.3 is 0 Å². The molecule has 1 fully saturated rings. The summed E-state index contributed by atoms with van der Waals surface area (Å²) in [5.41, 5.74) is 7.98. The molecule has 4 N–H and O–H groups in total. The highest BCUT2D eigenvalue weighted by atomic mass is 16.5. The zero-order valence-corrected chi connectivity index (χ0v) is 19.7. The Morgan fingerprint density at radius 2 is 2.00 bits per heavy atom. The van der Waals surface area contributed by atoms with Crippen LogP contribution in [0, 0.1) is 6.92 Å². The molecule has 2 amide bonds. The maximum absolute atomic E-state index is 12.0. The summed E-state index contributed by atoms with van der Waals surface area (Å²) >= 11 is 0. The van der Waals surface area contributed by atoms with E-state index in [1.54, 1.807) is 18.2 Å². The van der Waals surface area contributed by atoms with Crippen molar-refractivity contribution in [1.82, 2.24) is 24.6 Å². The molecule has 3 heterocycles. The molecular weight excluding hydrogens is 448 g/mol. The molecule has 2 aromatic heterocycles. The molecule has 0 bridgehead atoms. The van der Waals surface area contributed by atoms with E-state index in [1.165, 1.54) is 12.3 Å². The van der Waals surface area contributed by atoms with E-state index in [9.17, 15) is 9.59 Å². The fraction of sp³-hybridized carbons (Fsp3) is 0.292. The number of aromatic nitrogens is 4. The van der Waals surface area contributed by atoms with Crippen molar-refractivity contribution in [3.05, 3.63) is 60.6 Å². The number of hydrogen-bond acceptors (Lipinski definition) is 8. The van der Waals surface area contributed by atoms with Gasteiger partial charge in [0.05, 0.1) is 30.7 Å². The number of amides is 2. The fourth-order valence-corrected chi connectivity index (χ4v) is 4.02. The molecule has 11 heteroatoms. The summed E-state index contributed by atoms with van der Waals surface area (Å²) in [6.45, 7) is 6.79. The van der Waals surface area contributed by atoms with Crippen LogP contribution < -0.4 is 21.1 Å². The fourth-order valence-electron chi connectivity index (χ4n) is 4.02. The van der Waals surface area contributed by atoms with Gasteiger partial charge in [0.15, 0.2) is 0 Å². The molecule has 0 radical (unpaired) electrons. The first kappa shape index (κ1) is 23.7. The molecule has 11 nitrogen and oxygen atoms in total. The largest absolute Gasteiger partial charge is 0.495 e. The van der Waals surface area contributed by atoms with E-state index in [-0.39, 0.29) is 29.3 Å². The van der Waals surface area contributed by atoms with Crippen molar-refractivity contribution in [3.63, 3.8) is 0 Å². The van der Waals surface area contributed by atoms with Gasteiger partial charge in [-0.15, -0.1) is 0 Å². The number of carbonyl (C=O) groups is 2. The number of hydrogen-bond donors (Lipinski definition) is 3. The minimum absolute atomic E-state index is 0.0458. The lowest BCUT2D eigenvalue weighted by Gasteiger charge is -2.31. The third kappa shape index (κ3) is 5.24. The van der Waals surface area contributed by atoms with Crippen molar-refractivity contribution in [1.29, 1.82) is 0 Å². The molecule has 1 aromatic carbocycles. The van der Waals surface area contributed by atoms with Gasteiger partial charge in [-0.05, 0) is 37.5 Å². The number of nitrogens with zero attached hydrogens (tertiary/aromatic N) is 5. The van der Waals surface area contributed by atoms with Gasteiger partial charge in [-0.2, -0.15) is 10.1 Å². The van der Waals surface area contributed by atoms with Crippen LogP contribution >= 0.6 is 0 Å². The summed E-state index contributed by atoms with van der Waals surface area (Å²) in [6, 6.07) is 5.79. The quantitative estimate of drug-likeness (QED) is 0.422. The average Bonchev–Trinajstić information content (AvgIpc) is 3.33. The number of carbonyl (C=O) groups excluding carboxylic acids is 2. The number of piperidine rings is 1. The molecule has 182 valence electrons. The number of benzene rings is 1. The van der Waals surface area contributed by atoms with Crippen molar-refractivity contribution in [2.75, 3.05) is 30.8 Å². The monoisotopic (exact) mass is 476 g/mol. The van der Waals surface area contributed by atoms with Crippen LogP contribution in [0.4, 0.5) is 23.1 Å². The number of rotatable bonds is 8. The van der Waals surface area contributed by atoms with Crippen LogP contribution in [-0.2, 0) is 4.79 Å². The molecule has 0 aliphatic carbocycles. The molecule has 1 aliphatic rings. The van der Waals surface area contributed by atoms with Crippen LogP contribution in [0.5, 0.6) is 5.75 Å². The molecule has 1 aliphatic heterocycles. The van der Waals surface area contributed by atoms with E-state index < -0.39 is 5.91 Å². The van der Waals surface area contributed by atoms with Gasteiger partial charge in [0.1, 0.15) is 17.1 Å². The topological polar surface area (TPSA) is 140 Å². The van der Waals surface area contributed by atoms with Gasteiger partial charge in [0.2, 0.25) is 11.9 Å². The maximum atomic E-state index is 12.0. The normalized spacial score (nSPS) is 13.8. The Bertz CT molecular complexity index is 1250. The first-order valence-corrected chi connectivity index (χ1v) is 11.2. The van der Waals surface area contributed by atoms with Crippen LogP contribution in [0.25, 0.3) is 0 Å². The predicted molar refractivity (Wildman–Crippen MR) is 132 cm³/mol. The number of primary amides is 1. The Labute approximate surface area is 203 Å². The average molecular weight is 477 g/mol. The smallest absolute Gasteiger partial charge is 0.254 e. The summed E-state index contributed by atoms with van der Waals surface area (Å²) in [5, 5.41) is 10.8. The van der Waals surface area contributed by atoms with Gasteiger partial charge in [-0.1, -0.05) is 18.7 Å². The number of anilines is 4. The number of nitrogens with one attached hydrogen (secondary N) is 2. The number of aryl methyl sites for hydroxylation is 1. The highest BCUT2D eigenvalue weighted by Gasteiger charge is 2.23. The van der Waals surface area contributed by atoms with E-state index >= 15 is 0 Å². The molecule has 4 rings (SSSR count). The number of para-hydroxylation sites is 1. The second-order valence-electron chi connectivity index (χ2n) is 8.19. The molecule has 0 saturated carbocycles. The van der Waals surface area contributed by atoms with Gasteiger partial charge in [-0.25, -0.2) is 4.98 Å². The lowest BCUT2D eigenvalue weighted by molar-refractivity contribution is -0.127. The Balaban J connectivity index is 1.51. The van der Waals surface area contributed by atoms with Crippen LogP contribution in [0.3, 0.4) is 0 Å². The van der Waals surface area contributed by atoms with Crippen molar-refractivity contribution >= 4 is 35.0 Å². The van der Waals surface area contributed by atoms with E-state index in [0.717, 1.165) is 18.4 Å². The Hall–Kier alpha value is -4.41. The molecule has 1 saturated heterocycles. The molecular formula is C24H28N8O3. The van der Waals surface area contributed by atoms with Crippen molar-refractivity contribution in [2.45, 2.75) is 25.8 Å². The number of methoxy groups -OCH3 is 1. The number of nitrogens with two attached hydrogens (primary N) is 1. The molecule has 0 atom stereocenters. The highest BCUT2D eigenvalue weighted by molar-refractivity contribution is 5.98. The van der Waals surface area contributed by atoms with Gasteiger partial charge in [0, 0.05) is 25.5 Å². The van der Waals surface area contributed by atoms with Crippen LogP contribution in [0.1, 0.15) is 34.8 Å². The lowest BCUT2D eigenvalue weighted by Crippen LogP contribution is -2.38. The third-order valence-electron chi connectivity index (χ3n) is 5.93. The molecule has 0 spiro atoms. The Morgan fingerprint density at radius 3 is 2.69 bits per heavy atom. The van der Waals surface area contributed by atoms with Crippen LogP contribution in [0.15, 0.2) is 49.4 Å². The van der Waals surface area contributed by atoms with Crippen LogP contribution in [0.2, 0.25) is 0 Å². The Kier molecular flexibility index (Phi) is 6.95. The Morgan fingerprint density at radius 1 is 1.23 bits per heavy atom. The van der Waals surface area contributed by atoms with Gasteiger partial charge in [0.25, 0.3) is 5.91 Å². The number of ether oxygens (including phenoxy) is 1. The van der Waals surface area contributed by atoms with Gasteiger partial charge in [-0.3, -0.25) is 14.3 Å². The van der Waals surface area contributed by atoms with Crippen LogP contribution in [-0.4, -0.2) is 56.7 Å². The first-order chi connectivity index (χ1) is 16.9. The predicted octanol–water partition coefficient (Wildman–Crippen LogP) is 2.93. The summed E-state index contributed by atoms with van der Waals surface area (Å²) in [7, 11) is 1.57. The standard InChI is InChI=1S/C24H28N8O3/c1-4-20(33)31-10-8-17(9-11-31)32-14-16(12-27-32)28-24-26-13-18(22(25)34)23(30-24)29-21-15(2)6-5-7-19(21)35-3/h4-7,12-14,17H,1,8-11H2,2-3H3,(H2,25,34)(H2,26,28,29,30). The van der Waals surface area contributed by atoms with Crippen molar-refractivity contribution < 1.29 is 14.3 Å². The third-order valence-corrected chi connectivity index (χ3v) is 5.93. The second kappa shape index (κ2) is 10.2. The maximum Gasteiger partial charge on any atom is 0.254 e. The molecule has 35 heavy (non-hydrogen) atoms. The molecule has 0 unspecified atom stereocenters. The zero-order valence-electron chi connectivity index (χ0n) is 19.7. The van der Waals surface area contributed by atoms with E-state index in [1.807, 2.05) is 36.0 Å². The van der Waals surface area contributed by atoms with E-state index in [2.05, 4.69) is 32.3 Å². The summed E-state index contributed by atoms with van der Waals surface area (Å²) in [6.07, 6.45) is 7.88. The van der Waals surface area contributed by atoms with E-state index in [0.29, 0.717) is 30.2 Å². The minimum Gasteiger partial charge on any atom is -0.495 e. The van der Waals surface area contributed by atoms with Crippen molar-refractivity contribution in [2.24, 2.45) is 5.73 Å². The van der Waals surface area contributed by atoms with Gasteiger partial charge < -0.3 is 26.0 Å².